The highest BCUT2D eigenvalue weighted by Gasteiger charge is 2.27. The Hall–Kier alpha value is -3.82. The molecule has 0 spiro atoms. The van der Waals surface area contributed by atoms with Gasteiger partial charge in [0.25, 0.3) is 23.2 Å². The van der Waals surface area contributed by atoms with Crippen LogP contribution in [-0.4, -0.2) is 45.7 Å². The molecule has 1 saturated heterocycles. The Morgan fingerprint density at radius 1 is 0.897 bits per heavy atom. The largest absolute Gasteiger partial charge is 0.349 e. The van der Waals surface area contributed by atoms with Crippen molar-refractivity contribution in [1.82, 2.24) is 10.2 Å². The van der Waals surface area contributed by atoms with E-state index in [1.807, 2.05) is 6.07 Å². The fourth-order valence-corrected chi connectivity index (χ4v) is 3.20. The number of hydrogen-bond acceptors (Lipinski definition) is 6. The Bertz CT molecular complexity index is 922. The molecule has 2 amide bonds. The summed E-state index contributed by atoms with van der Waals surface area (Å²) in [5, 5.41) is 24.9. The summed E-state index contributed by atoms with van der Waals surface area (Å²) in [4.78, 5) is 46.9. The number of piperidine rings is 1. The average molecular weight is 398 g/mol. The van der Waals surface area contributed by atoms with Gasteiger partial charge in [-0.25, -0.2) is 0 Å². The van der Waals surface area contributed by atoms with Gasteiger partial charge in [-0.2, -0.15) is 0 Å². The number of carbonyl (C=O) groups excluding carboxylic acids is 2. The second-order valence-corrected chi connectivity index (χ2v) is 6.66. The lowest BCUT2D eigenvalue weighted by Gasteiger charge is -2.32. The number of nitro benzene ring substituents is 2. The van der Waals surface area contributed by atoms with Crippen LogP contribution in [0.3, 0.4) is 0 Å². The summed E-state index contributed by atoms with van der Waals surface area (Å²) in [7, 11) is 0. The van der Waals surface area contributed by atoms with E-state index >= 15 is 0 Å². The molecule has 150 valence electrons. The number of rotatable bonds is 5. The molecule has 1 heterocycles. The normalized spacial score (nSPS) is 14.3. The van der Waals surface area contributed by atoms with Crippen LogP contribution < -0.4 is 5.32 Å². The summed E-state index contributed by atoms with van der Waals surface area (Å²) < 4.78 is 0. The van der Waals surface area contributed by atoms with Crippen LogP contribution in [0.25, 0.3) is 0 Å². The molecule has 0 unspecified atom stereocenters. The van der Waals surface area contributed by atoms with Crippen LogP contribution in [0.5, 0.6) is 0 Å². The fraction of sp³-hybridized carbons (Fsp3) is 0.263. The van der Waals surface area contributed by atoms with E-state index in [1.54, 1.807) is 24.3 Å². The van der Waals surface area contributed by atoms with E-state index in [0.29, 0.717) is 31.5 Å². The summed E-state index contributed by atoms with van der Waals surface area (Å²) in [5.74, 6) is -0.700. The van der Waals surface area contributed by atoms with Crippen LogP contribution in [-0.2, 0) is 0 Å². The number of non-ortho nitro benzene ring substituents is 2. The first-order valence-electron chi connectivity index (χ1n) is 8.94. The minimum atomic E-state index is -0.769. The molecule has 10 heteroatoms. The zero-order chi connectivity index (χ0) is 21.0. The molecule has 1 aliphatic rings. The van der Waals surface area contributed by atoms with Crippen LogP contribution in [0.2, 0.25) is 0 Å². The number of nitrogens with one attached hydrogen (secondary N) is 1. The van der Waals surface area contributed by atoms with Crippen LogP contribution >= 0.6 is 0 Å². The molecule has 0 aromatic heterocycles. The maximum atomic E-state index is 12.7. The molecule has 1 N–H and O–H groups in total. The highest BCUT2D eigenvalue weighted by Crippen LogP contribution is 2.24. The molecule has 0 saturated carbocycles. The van der Waals surface area contributed by atoms with Crippen molar-refractivity contribution in [2.75, 3.05) is 13.1 Å². The van der Waals surface area contributed by atoms with E-state index in [9.17, 15) is 29.8 Å². The summed E-state index contributed by atoms with van der Waals surface area (Å²) in [5.41, 5.74) is -0.562. The van der Waals surface area contributed by atoms with Crippen LogP contribution in [0, 0.1) is 20.2 Å². The van der Waals surface area contributed by atoms with Gasteiger partial charge in [0, 0.05) is 36.8 Å². The lowest BCUT2D eigenvalue weighted by atomic mass is 10.0. The second kappa shape index (κ2) is 8.46. The first kappa shape index (κ1) is 19.9. The fourth-order valence-electron chi connectivity index (χ4n) is 3.20. The van der Waals surface area contributed by atoms with Crippen molar-refractivity contribution in [2.24, 2.45) is 0 Å². The zero-order valence-electron chi connectivity index (χ0n) is 15.3. The number of carbonyl (C=O) groups is 2. The molecule has 2 aromatic carbocycles. The van der Waals surface area contributed by atoms with Gasteiger partial charge in [0.2, 0.25) is 0 Å². The minimum Gasteiger partial charge on any atom is -0.349 e. The molecule has 3 rings (SSSR count). The quantitative estimate of drug-likeness (QED) is 0.607. The van der Waals surface area contributed by atoms with Gasteiger partial charge in [-0.15, -0.1) is 0 Å². The molecule has 0 radical (unpaired) electrons. The van der Waals surface area contributed by atoms with Gasteiger partial charge in [-0.1, -0.05) is 18.2 Å². The average Bonchev–Trinajstić information content (AvgIpc) is 2.74. The third-order valence-electron chi connectivity index (χ3n) is 4.72. The van der Waals surface area contributed by atoms with E-state index in [4.69, 9.17) is 0 Å². The number of nitro groups is 2. The number of likely N-dealkylation sites (tertiary alicyclic amines) is 1. The van der Waals surface area contributed by atoms with E-state index in [1.165, 1.54) is 4.90 Å². The Kier molecular flexibility index (Phi) is 5.82. The smallest absolute Gasteiger partial charge is 0.277 e. The van der Waals surface area contributed by atoms with Crippen molar-refractivity contribution in [3.8, 4) is 0 Å². The van der Waals surface area contributed by atoms with Crippen molar-refractivity contribution < 1.29 is 19.4 Å². The third-order valence-corrected chi connectivity index (χ3v) is 4.72. The van der Waals surface area contributed by atoms with Gasteiger partial charge in [0.05, 0.1) is 21.5 Å². The van der Waals surface area contributed by atoms with Crippen molar-refractivity contribution in [3.05, 3.63) is 79.9 Å². The highest BCUT2D eigenvalue weighted by atomic mass is 16.6. The van der Waals surface area contributed by atoms with E-state index < -0.39 is 27.1 Å². The number of amides is 2. The van der Waals surface area contributed by atoms with Gasteiger partial charge >= 0.3 is 0 Å². The predicted octanol–water partition coefficient (Wildman–Crippen LogP) is 2.54. The molecule has 1 aliphatic heterocycles. The molecule has 10 nitrogen and oxygen atoms in total. The Morgan fingerprint density at radius 3 is 1.97 bits per heavy atom. The van der Waals surface area contributed by atoms with E-state index in [0.717, 1.165) is 18.2 Å². The molecule has 2 aromatic rings. The summed E-state index contributed by atoms with van der Waals surface area (Å²) in [6.07, 6.45) is 1.03. The monoisotopic (exact) mass is 398 g/mol. The SMILES string of the molecule is O=C(NC1CCN(C(=O)c2cc([N+](=O)[O-])cc([N+](=O)[O-])c2)CC1)c1ccccc1. The first-order valence-corrected chi connectivity index (χ1v) is 8.94. The number of benzene rings is 2. The van der Waals surface area contributed by atoms with E-state index in [2.05, 4.69) is 5.32 Å². The van der Waals surface area contributed by atoms with Gasteiger partial charge in [0.15, 0.2) is 0 Å². The lowest BCUT2D eigenvalue weighted by molar-refractivity contribution is -0.394. The Labute approximate surface area is 165 Å². The molecular weight excluding hydrogens is 380 g/mol. The van der Waals surface area contributed by atoms with E-state index in [-0.39, 0.29) is 17.5 Å². The van der Waals surface area contributed by atoms with Crippen LogP contribution in [0.15, 0.2) is 48.5 Å². The third kappa shape index (κ3) is 4.72. The number of hydrogen-bond donors (Lipinski definition) is 1. The van der Waals surface area contributed by atoms with Crippen molar-refractivity contribution in [3.63, 3.8) is 0 Å². The molecule has 0 atom stereocenters. The topological polar surface area (TPSA) is 136 Å². The lowest BCUT2D eigenvalue weighted by Crippen LogP contribution is -2.46. The minimum absolute atomic E-state index is 0.0994. The first-order chi connectivity index (χ1) is 13.8. The summed E-state index contributed by atoms with van der Waals surface area (Å²) in [6.45, 7) is 0.657. The maximum absolute atomic E-state index is 12.7. The molecule has 29 heavy (non-hydrogen) atoms. The molecule has 0 bridgehead atoms. The van der Waals surface area contributed by atoms with Gasteiger partial charge in [0.1, 0.15) is 0 Å². The van der Waals surface area contributed by atoms with Crippen molar-refractivity contribution in [1.29, 1.82) is 0 Å². The standard InChI is InChI=1S/C19H18N4O6/c24-18(13-4-2-1-3-5-13)20-15-6-8-21(9-7-15)19(25)14-10-16(22(26)27)12-17(11-14)23(28)29/h1-5,10-12,15H,6-9H2,(H,20,24). The zero-order valence-corrected chi connectivity index (χ0v) is 15.3. The van der Waals surface area contributed by atoms with Gasteiger partial charge in [-0.05, 0) is 25.0 Å². The highest BCUT2D eigenvalue weighted by molar-refractivity contribution is 5.96. The number of nitrogens with zero attached hydrogens (tertiary/aromatic N) is 3. The summed E-state index contributed by atoms with van der Waals surface area (Å²) >= 11 is 0. The maximum Gasteiger partial charge on any atom is 0.277 e. The van der Waals surface area contributed by atoms with Gasteiger partial charge in [-0.3, -0.25) is 29.8 Å². The Morgan fingerprint density at radius 2 is 1.45 bits per heavy atom. The van der Waals surface area contributed by atoms with Crippen LogP contribution in [0.1, 0.15) is 33.6 Å². The Balaban J connectivity index is 1.65. The van der Waals surface area contributed by atoms with Crippen molar-refractivity contribution in [2.45, 2.75) is 18.9 Å². The van der Waals surface area contributed by atoms with Crippen LogP contribution in [0.4, 0.5) is 11.4 Å². The molecule has 0 aliphatic carbocycles. The summed E-state index contributed by atoms with van der Waals surface area (Å²) in [6, 6.07) is 11.6. The second-order valence-electron chi connectivity index (χ2n) is 6.66. The predicted molar refractivity (Wildman–Crippen MR) is 103 cm³/mol. The molecule has 1 fully saturated rings. The van der Waals surface area contributed by atoms with Gasteiger partial charge < -0.3 is 10.2 Å². The van der Waals surface area contributed by atoms with Crippen molar-refractivity contribution >= 4 is 23.2 Å². The molecular formula is C19H18N4O6.